The van der Waals surface area contributed by atoms with Gasteiger partial charge in [0.25, 0.3) is 5.91 Å². The maximum absolute atomic E-state index is 14.4. The van der Waals surface area contributed by atoms with Crippen LogP contribution in [0.4, 0.5) is 15.8 Å². The van der Waals surface area contributed by atoms with Gasteiger partial charge in [0.2, 0.25) is 5.91 Å². The minimum absolute atomic E-state index is 0.0819. The van der Waals surface area contributed by atoms with E-state index < -0.39 is 11.7 Å². The number of thiazole rings is 1. The van der Waals surface area contributed by atoms with Crippen molar-refractivity contribution in [2.45, 2.75) is 12.8 Å². The topological polar surface area (TPSA) is 62.3 Å². The van der Waals surface area contributed by atoms with Gasteiger partial charge in [-0.15, -0.1) is 11.3 Å². The van der Waals surface area contributed by atoms with E-state index in [1.54, 1.807) is 11.4 Å². The summed E-state index contributed by atoms with van der Waals surface area (Å²) in [6, 6.07) is 13.9. The quantitative estimate of drug-likeness (QED) is 0.732. The lowest BCUT2D eigenvalue weighted by Crippen LogP contribution is -2.24. The van der Waals surface area contributed by atoms with Crippen LogP contribution in [-0.2, 0) is 4.79 Å². The van der Waals surface area contributed by atoms with Crippen molar-refractivity contribution in [3.8, 4) is 10.6 Å². The van der Waals surface area contributed by atoms with Gasteiger partial charge >= 0.3 is 0 Å². The molecule has 0 bridgehead atoms. The number of carbonyl (C=O) groups is 2. The maximum atomic E-state index is 14.4. The van der Waals surface area contributed by atoms with E-state index in [-0.39, 0.29) is 17.3 Å². The Hall–Kier alpha value is -3.06. The summed E-state index contributed by atoms with van der Waals surface area (Å²) in [5.41, 5.74) is 1.78. The van der Waals surface area contributed by atoms with Crippen molar-refractivity contribution >= 4 is 34.5 Å². The van der Waals surface area contributed by atoms with Crippen molar-refractivity contribution in [3.05, 3.63) is 65.4 Å². The molecular weight excluding hydrogens is 365 g/mol. The van der Waals surface area contributed by atoms with E-state index in [9.17, 15) is 14.0 Å². The van der Waals surface area contributed by atoms with Gasteiger partial charge in [0, 0.05) is 29.6 Å². The molecule has 0 saturated carbocycles. The smallest absolute Gasteiger partial charge is 0.275 e. The third-order valence-corrected chi connectivity index (χ3v) is 5.22. The zero-order valence-electron chi connectivity index (χ0n) is 14.3. The lowest BCUT2D eigenvalue weighted by molar-refractivity contribution is -0.117. The highest BCUT2D eigenvalue weighted by atomic mass is 32.1. The van der Waals surface area contributed by atoms with Gasteiger partial charge in [0.05, 0.1) is 5.69 Å². The first-order valence-corrected chi connectivity index (χ1v) is 9.42. The molecule has 2 aromatic carbocycles. The van der Waals surface area contributed by atoms with Gasteiger partial charge in [-0.05, 0) is 24.6 Å². The monoisotopic (exact) mass is 381 g/mol. The number of hydrogen-bond donors (Lipinski definition) is 1. The third kappa shape index (κ3) is 3.59. The van der Waals surface area contributed by atoms with E-state index in [1.807, 2.05) is 30.3 Å². The molecule has 0 radical (unpaired) electrons. The summed E-state index contributed by atoms with van der Waals surface area (Å²) in [6.07, 6.45) is 1.16. The van der Waals surface area contributed by atoms with E-state index in [2.05, 4.69) is 10.3 Å². The molecule has 4 rings (SSSR count). The Labute approximate surface area is 159 Å². The molecule has 3 aromatic rings. The molecule has 2 amide bonds. The molecule has 2 heterocycles. The number of aromatic nitrogens is 1. The minimum Gasteiger partial charge on any atom is -0.321 e. The summed E-state index contributed by atoms with van der Waals surface area (Å²) < 4.78 is 14.4. The van der Waals surface area contributed by atoms with Crippen LogP contribution in [0.1, 0.15) is 23.3 Å². The predicted octanol–water partition coefficient (Wildman–Crippen LogP) is 4.33. The summed E-state index contributed by atoms with van der Waals surface area (Å²) >= 11 is 1.37. The van der Waals surface area contributed by atoms with E-state index in [4.69, 9.17) is 0 Å². The van der Waals surface area contributed by atoms with E-state index in [0.29, 0.717) is 18.7 Å². The highest BCUT2D eigenvalue weighted by molar-refractivity contribution is 7.13. The molecule has 1 aliphatic heterocycles. The Balaban J connectivity index is 1.49. The van der Waals surface area contributed by atoms with Crippen molar-refractivity contribution < 1.29 is 14.0 Å². The van der Waals surface area contributed by atoms with Crippen molar-refractivity contribution in [1.29, 1.82) is 0 Å². The van der Waals surface area contributed by atoms with Gasteiger partial charge in [0.1, 0.15) is 16.5 Å². The number of anilines is 2. The van der Waals surface area contributed by atoms with Gasteiger partial charge in [0.15, 0.2) is 0 Å². The molecule has 0 aliphatic carbocycles. The van der Waals surface area contributed by atoms with E-state index >= 15 is 0 Å². The van der Waals surface area contributed by atoms with Gasteiger partial charge in [-0.2, -0.15) is 0 Å². The van der Waals surface area contributed by atoms with Crippen LogP contribution in [0.15, 0.2) is 53.9 Å². The fourth-order valence-electron chi connectivity index (χ4n) is 2.99. The predicted molar refractivity (Wildman–Crippen MR) is 103 cm³/mol. The summed E-state index contributed by atoms with van der Waals surface area (Å²) in [5.74, 6) is -1.02. The molecule has 5 nitrogen and oxygen atoms in total. The molecular formula is C20H16FN3O2S. The molecule has 0 spiro atoms. The van der Waals surface area contributed by atoms with E-state index in [0.717, 1.165) is 17.0 Å². The zero-order chi connectivity index (χ0) is 18.8. The molecule has 1 saturated heterocycles. The molecule has 1 N–H and O–H groups in total. The second-order valence-electron chi connectivity index (χ2n) is 6.17. The average Bonchev–Trinajstić information content (AvgIpc) is 3.32. The van der Waals surface area contributed by atoms with E-state index in [1.165, 1.54) is 28.4 Å². The standard InChI is InChI=1S/C20H16FN3O2S/c21-15-11-14(8-9-17(15)24-10-4-7-18(24)25)22-19(26)16-12-27-20(23-16)13-5-2-1-3-6-13/h1-3,5-6,8-9,11-12H,4,7,10H2,(H,22,26). The number of benzene rings is 2. The van der Waals surface area contributed by atoms with Crippen LogP contribution in [-0.4, -0.2) is 23.3 Å². The normalized spacial score (nSPS) is 13.8. The van der Waals surface area contributed by atoms with Gasteiger partial charge in [-0.3, -0.25) is 9.59 Å². The number of rotatable bonds is 4. The van der Waals surface area contributed by atoms with Crippen LogP contribution in [0.3, 0.4) is 0 Å². The molecule has 1 aromatic heterocycles. The number of nitrogens with zero attached hydrogens (tertiary/aromatic N) is 2. The molecule has 7 heteroatoms. The third-order valence-electron chi connectivity index (χ3n) is 4.33. The first kappa shape index (κ1) is 17.4. The fourth-order valence-corrected chi connectivity index (χ4v) is 3.80. The van der Waals surface area contributed by atoms with Crippen LogP contribution < -0.4 is 10.2 Å². The second-order valence-corrected chi connectivity index (χ2v) is 7.03. The van der Waals surface area contributed by atoms with Gasteiger partial charge < -0.3 is 10.2 Å². The Morgan fingerprint density at radius 2 is 2.00 bits per heavy atom. The van der Waals surface area contributed by atoms with Crippen LogP contribution in [0.25, 0.3) is 10.6 Å². The maximum Gasteiger partial charge on any atom is 0.275 e. The first-order chi connectivity index (χ1) is 13.1. The van der Waals surface area contributed by atoms with Crippen LogP contribution >= 0.6 is 11.3 Å². The highest BCUT2D eigenvalue weighted by Gasteiger charge is 2.24. The molecule has 0 atom stereocenters. The highest BCUT2D eigenvalue weighted by Crippen LogP contribution is 2.28. The largest absolute Gasteiger partial charge is 0.321 e. The summed E-state index contributed by atoms with van der Waals surface area (Å²) in [7, 11) is 0. The molecule has 136 valence electrons. The Kier molecular flexibility index (Phi) is 4.68. The number of carbonyl (C=O) groups excluding carboxylic acids is 2. The van der Waals surface area contributed by atoms with Crippen LogP contribution in [0, 0.1) is 5.82 Å². The van der Waals surface area contributed by atoms with Crippen molar-refractivity contribution in [2.75, 3.05) is 16.8 Å². The first-order valence-electron chi connectivity index (χ1n) is 8.54. The minimum atomic E-state index is -0.536. The van der Waals surface area contributed by atoms with Crippen LogP contribution in [0.2, 0.25) is 0 Å². The lowest BCUT2D eigenvalue weighted by atomic mass is 10.2. The van der Waals surface area contributed by atoms with Gasteiger partial charge in [-0.25, -0.2) is 9.37 Å². The number of hydrogen-bond acceptors (Lipinski definition) is 4. The summed E-state index contributed by atoms with van der Waals surface area (Å²) in [4.78, 5) is 30.0. The summed E-state index contributed by atoms with van der Waals surface area (Å²) in [6.45, 7) is 0.516. The van der Waals surface area contributed by atoms with Crippen molar-refractivity contribution in [1.82, 2.24) is 4.98 Å². The van der Waals surface area contributed by atoms with Gasteiger partial charge in [-0.1, -0.05) is 30.3 Å². The number of amides is 2. The second kappa shape index (κ2) is 7.28. The number of halogens is 1. The Morgan fingerprint density at radius 1 is 1.19 bits per heavy atom. The zero-order valence-corrected chi connectivity index (χ0v) is 15.1. The lowest BCUT2D eigenvalue weighted by Gasteiger charge is -2.17. The summed E-state index contributed by atoms with van der Waals surface area (Å²) in [5, 5.41) is 5.07. The Morgan fingerprint density at radius 3 is 2.70 bits per heavy atom. The average molecular weight is 381 g/mol. The van der Waals surface area contributed by atoms with Crippen molar-refractivity contribution in [2.24, 2.45) is 0 Å². The molecule has 27 heavy (non-hydrogen) atoms. The SMILES string of the molecule is O=C(Nc1ccc(N2CCCC2=O)c(F)c1)c1csc(-c2ccccc2)n1. The molecule has 1 fully saturated rings. The fraction of sp³-hybridized carbons (Fsp3) is 0.150. The molecule has 0 unspecified atom stereocenters. The van der Waals surface area contributed by atoms with Crippen LogP contribution in [0.5, 0.6) is 0 Å². The Bertz CT molecular complexity index is 1000. The molecule has 1 aliphatic rings. The number of nitrogens with one attached hydrogen (secondary N) is 1. The van der Waals surface area contributed by atoms with Crippen molar-refractivity contribution in [3.63, 3.8) is 0 Å².